The van der Waals surface area contributed by atoms with Crippen molar-refractivity contribution >= 4 is 29.4 Å². The van der Waals surface area contributed by atoms with E-state index in [0.717, 1.165) is 25.1 Å². The van der Waals surface area contributed by atoms with E-state index in [-0.39, 0.29) is 11.9 Å². The van der Waals surface area contributed by atoms with Crippen LogP contribution < -0.4 is 10.6 Å². The quantitative estimate of drug-likeness (QED) is 0.898. The molecule has 0 bridgehead atoms. The first kappa shape index (κ1) is 15.3. The normalized spacial score (nSPS) is 26.7. The molecule has 0 aliphatic carbocycles. The summed E-state index contributed by atoms with van der Waals surface area (Å²) >= 11 is 3.99. The topological polar surface area (TPSA) is 41.1 Å². The summed E-state index contributed by atoms with van der Waals surface area (Å²) in [5, 5.41) is 6.51. The molecule has 5 heteroatoms. The molecule has 2 heterocycles. The summed E-state index contributed by atoms with van der Waals surface area (Å²) in [5.74, 6) is 3.04. The summed E-state index contributed by atoms with van der Waals surface area (Å²) < 4.78 is 0.546. The average molecular weight is 322 g/mol. The minimum absolute atomic E-state index is 0.0498. The molecule has 2 aliphatic heterocycles. The largest absolute Gasteiger partial charge is 0.348 e. The van der Waals surface area contributed by atoms with Gasteiger partial charge in [0.15, 0.2) is 0 Å². The minimum Gasteiger partial charge on any atom is -0.348 e. The summed E-state index contributed by atoms with van der Waals surface area (Å²) in [6.45, 7) is 4.14. The van der Waals surface area contributed by atoms with E-state index < -0.39 is 0 Å². The van der Waals surface area contributed by atoms with Crippen molar-refractivity contribution in [1.82, 2.24) is 10.6 Å². The zero-order valence-corrected chi connectivity index (χ0v) is 13.9. The number of carbonyl (C=O) groups is 1. The number of thioether (sulfide) groups is 2. The van der Waals surface area contributed by atoms with Crippen molar-refractivity contribution in [3.05, 3.63) is 35.4 Å². The highest BCUT2D eigenvalue weighted by molar-refractivity contribution is 8.19. The highest BCUT2D eigenvalue weighted by Crippen LogP contribution is 2.45. The van der Waals surface area contributed by atoms with Gasteiger partial charge in [-0.15, -0.1) is 23.5 Å². The number of nitrogens with one attached hydrogen (secondary N) is 2. The molecule has 0 radical (unpaired) electrons. The molecule has 21 heavy (non-hydrogen) atoms. The zero-order chi connectivity index (χ0) is 14.7. The van der Waals surface area contributed by atoms with Gasteiger partial charge in [0.2, 0.25) is 0 Å². The van der Waals surface area contributed by atoms with Crippen molar-refractivity contribution in [2.75, 3.05) is 24.6 Å². The Bertz CT molecular complexity index is 486. The van der Waals surface area contributed by atoms with Crippen LogP contribution >= 0.6 is 23.5 Å². The number of carbonyl (C=O) groups excluding carboxylic acids is 1. The van der Waals surface area contributed by atoms with Gasteiger partial charge in [0.1, 0.15) is 0 Å². The van der Waals surface area contributed by atoms with E-state index >= 15 is 0 Å². The molecule has 2 saturated heterocycles. The second-order valence-corrected chi connectivity index (χ2v) is 8.47. The van der Waals surface area contributed by atoms with Gasteiger partial charge in [0.25, 0.3) is 5.91 Å². The van der Waals surface area contributed by atoms with E-state index in [0.29, 0.717) is 10.5 Å². The van der Waals surface area contributed by atoms with Crippen LogP contribution in [0.25, 0.3) is 0 Å². The Labute approximate surface area is 135 Å². The van der Waals surface area contributed by atoms with Crippen LogP contribution in [0.2, 0.25) is 0 Å². The highest BCUT2D eigenvalue weighted by atomic mass is 32.2. The number of amides is 1. The van der Waals surface area contributed by atoms with Crippen LogP contribution in [0.5, 0.6) is 0 Å². The van der Waals surface area contributed by atoms with Gasteiger partial charge in [-0.05, 0) is 36.6 Å². The number of hydrogen-bond donors (Lipinski definition) is 2. The van der Waals surface area contributed by atoms with Gasteiger partial charge < -0.3 is 10.6 Å². The second kappa shape index (κ2) is 7.07. The van der Waals surface area contributed by atoms with Crippen LogP contribution in [0.15, 0.2) is 24.3 Å². The van der Waals surface area contributed by atoms with Crippen LogP contribution in [-0.2, 0) is 0 Å². The molecule has 2 unspecified atom stereocenters. The van der Waals surface area contributed by atoms with Gasteiger partial charge >= 0.3 is 0 Å². The lowest BCUT2D eigenvalue weighted by Crippen LogP contribution is -2.50. The lowest BCUT2D eigenvalue weighted by atomic mass is 9.94. The Hall–Kier alpha value is -0.650. The third-order valence-corrected chi connectivity index (χ3v) is 7.32. The Morgan fingerprint density at radius 1 is 1.24 bits per heavy atom. The Balaban J connectivity index is 1.61. The fourth-order valence-corrected chi connectivity index (χ4v) is 5.64. The Kier molecular flexibility index (Phi) is 5.14. The predicted octanol–water partition coefficient (Wildman–Crippen LogP) is 2.89. The van der Waals surface area contributed by atoms with E-state index in [4.69, 9.17) is 0 Å². The zero-order valence-electron chi connectivity index (χ0n) is 12.3. The summed E-state index contributed by atoms with van der Waals surface area (Å²) in [6.07, 6.45) is 1.13. The minimum atomic E-state index is 0.0498. The van der Waals surface area contributed by atoms with Crippen molar-refractivity contribution in [3.8, 4) is 0 Å². The van der Waals surface area contributed by atoms with E-state index in [2.05, 4.69) is 29.7 Å². The van der Waals surface area contributed by atoms with Crippen molar-refractivity contribution in [1.29, 1.82) is 0 Å². The maximum atomic E-state index is 12.3. The lowest BCUT2D eigenvalue weighted by Gasteiger charge is -2.30. The first-order chi connectivity index (χ1) is 10.2. The van der Waals surface area contributed by atoms with Crippen LogP contribution in [0.4, 0.5) is 0 Å². The van der Waals surface area contributed by atoms with Crippen LogP contribution in [0, 0.1) is 5.92 Å². The lowest BCUT2D eigenvalue weighted by molar-refractivity contribution is 0.0915. The van der Waals surface area contributed by atoms with E-state index in [1.54, 1.807) is 0 Å². The standard InChI is InChI=1S/C16H22N2OS2/c1-11-6-7-17-10-14(11)18-15(19)12-2-4-13(5-3-12)16-20-8-9-21-16/h2-5,11,14,16-17H,6-10H2,1H3,(H,18,19). The molecule has 2 atom stereocenters. The summed E-state index contributed by atoms with van der Waals surface area (Å²) in [6, 6.07) is 8.38. The second-order valence-electron chi connectivity index (χ2n) is 5.75. The van der Waals surface area contributed by atoms with Gasteiger partial charge in [0.05, 0.1) is 4.58 Å². The smallest absolute Gasteiger partial charge is 0.251 e. The molecular weight excluding hydrogens is 300 g/mol. The number of hydrogen-bond acceptors (Lipinski definition) is 4. The molecular formula is C16H22N2OS2. The third kappa shape index (κ3) is 3.76. The molecule has 1 aromatic carbocycles. The molecule has 1 amide bonds. The first-order valence-corrected chi connectivity index (χ1v) is 9.68. The number of piperidine rings is 1. The molecule has 0 aromatic heterocycles. The molecule has 2 N–H and O–H groups in total. The molecule has 114 valence electrons. The average Bonchev–Trinajstić information content (AvgIpc) is 3.04. The van der Waals surface area contributed by atoms with E-state index in [1.165, 1.54) is 17.1 Å². The Morgan fingerprint density at radius 2 is 1.95 bits per heavy atom. The fourth-order valence-electron chi connectivity index (χ4n) is 2.78. The van der Waals surface area contributed by atoms with Crippen molar-refractivity contribution in [3.63, 3.8) is 0 Å². The van der Waals surface area contributed by atoms with Gasteiger partial charge in [-0.3, -0.25) is 4.79 Å². The SMILES string of the molecule is CC1CCNCC1NC(=O)c1ccc(C2SCCS2)cc1. The van der Waals surface area contributed by atoms with E-state index in [1.807, 2.05) is 35.7 Å². The molecule has 3 rings (SSSR count). The van der Waals surface area contributed by atoms with Crippen molar-refractivity contribution < 1.29 is 4.79 Å². The van der Waals surface area contributed by atoms with Gasteiger partial charge in [-0.25, -0.2) is 0 Å². The summed E-state index contributed by atoms with van der Waals surface area (Å²) in [7, 11) is 0. The summed E-state index contributed by atoms with van der Waals surface area (Å²) in [4.78, 5) is 12.3. The summed E-state index contributed by atoms with van der Waals surface area (Å²) in [5.41, 5.74) is 2.09. The molecule has 2 fully saturated rings. The van der Waals surface area contributed by atoms with Crippen LogP contribution in [-0.4, -0.2) is 36.5 Å². The fraction of sp³-hybridized carbons (Fsp3) is 0.562. The predicted molar refractivity (Wildman–Crippen MR) is 92.0 cm³/mol. The monoisotopic (exact) mass is 322 g/mol. The molecule has 0 spiro atoms. The van der Waals surface area contributed by atoms with Crippen LogP contribution in [0.3, 0.4) is 0 Å². The molecule has 1 aromatic rings. The van der Waals surface area contributed by atoms with Crippen molar-refractivity contribution in [2.24, 2.45) is 5.92 Å². The van der Waals surface area contributed by atoms with Crippen LogP contribution in [0.1, 0.15) is 33.8 Å². The maximum absolute atomic E-state index is 12.3. The number of benzene rings is 1. The third-order valence-electron chi connectivity index (χ3n) is 4.21. The molecule has 3 nitrogen and oxygen atoms in total. The Morgan fingerprint density at radius 3 is 2.62 bits per heavy atom. The van der Waals surface area contributed by atoms with Crippen molar-refractivity contribution in [2.45, 2.75) is 24.0 Å². The highest BCUT2D eigenvalue weighted by Gasteiger charge is 2.23. The van der Waals surface area contributed by atoms with Gasteiger partial charge in [-0.2, -0.15) is 0 Å². The first-order valence-electron chi connectivity index (χ1n) is 7.59. The molecule has 2 aliphatic rings. The van der Waals surface area contributed by atoms with Gasteiger partial charge in [0, 0.05) is 29.7 Å². The van der Waals surface area contributed by atoms with Gasteiger partial charge in [-0.1, -0.05) is 19.1 Å². The number of rotatable bonds is 3. The molecule has 0 saturated carbocycles. The van der Waals surface area contributed by atoms with E-state index in [9.17, 15) is 4.79 Å². The maximum Gasteiger partial charge on any atom is 0.251 e.